The van der Waals surface area contributed by atoms with Crippen molar-refractivity contribution in [2.24, 2.45) is 5.92 Å². The molecule has 7 heteroatoms. The summed E-state index contributed by atoms with van der Waals surface area (Å²) >= 11 is 6.12. The minimum Gasteiger partial charge on any atom is -0.341 e. The van der Waals surface area contributed by atoms with Crippen molar-refractivity contribution in [3.8, 4) is 0 Å². The molecule has 0 spiro atoms. The first-order chi connectivity index (χ1) is 14.9. The SMILES string of the molecule is Cc1ccc(Cl)cc1N1CC(C(=O)N2CCCN(C(=O)c3ccccc3)CC2)CC1=O. The van der Waals surface area contributed by atoms with Crippen molar-refractivity contribution >= 4 is 35.0 Å². The molecule has 1 atom stereocenters. The number of nitrogens with zero attached hydrogens (tertiary/aromatic N) is 3. The van der Waals surface area contributed by atoms with Crippen LogP contribution < -0.4 is 4.90 Å². The number of carbonyl (C=O) groups is 3. The average Bonchev–Trinajstić information content (AvgIpc) is 3.00. The second-order valence-electron chi connectivity index (χ2n) is 8.17. The topological polar surface area (TPSA) is 60.9 Å². The van der Waals surface area contributed by atoms with Crippen LogP contribution in [-0.4, -0.2) is 60.2 Å². The third kappa shape index (κ3) is 4.59. The lowest BCUT2D eigenvalue weighted by Crippen LogP contribution is -2.40. The van der Waals surface area contributed by atoms with Crippen molar-refractivity contribution in [2.45, 2.75) is 19.8 Å². The molecule has 2 saturated heterocycles. The van der Waals surface area contributed by atoms with Crippen LogP contribution in [0.2, 0.25) is 5.02 Å². The quantitative estimate of drug-likeness (QED) is 0.736. The van der Waals surface area contributed by atoms with Gasteiger partial charge in [-0.25, -0.2) is 0 Å². The molecule has 0 saturated carbocycles. The molecule has 6 nitrogen and oxygen atoms in total. The maximum absolute atomic E-state index is 13.2. The number of rotatable bonds is 3. The number of halogens is 1. The van der Waals surface area contributed by atoms with Gasteiger partial charge in [0.25, 0.3) is 5.91 Å². The second-order valence-corrected chi connectivity index (χ2v) is 8.61. The molecule has 31 heavy (non-hydrogen) atoms. The molecule has 4 rings (SSSR count). The van der Waals surface area contributed by atoms with Crippen LogP contribution in [0.5, 0.6) is 0 Å². The number of carbonyl (C=O) groups excluding carboxylic acids is 3. The first-order valence-corrected chi connectivity index (χ1v) is 11.0. The van der Waals surface area contributed by atoms with Gasteiger partial charge in [-0.2, -0.15) is 0 Å². The van der Waals surface area contributed by atoms with Crippen LogP contribution in [0, 0.1) is 12.8 Å². The van der Waals surface area contributed by atoms with Gasteiger partial charge in [-0.15, -0.1) is 0 Å². The Labute approximate surface area is 187 Å². The molecule has 2 heterocycles. The van der Waals surface area contributed by atoms with Gasteiger partial charge in [0.1, 0.15) is 0 Å². The van der Waals surface area contributed by atoms with Crippen molar-refractivity contribution < 1.29 is 14.4 Å². The van der Waals surface area contributed by atoms with Crippen LogP contribution in [0.1, 0.15) is 28.8 Å². The lowest BCUT2D eigenvalue weighted by molar-refractivity contribution is -0.135. The number of amides is 3. The largest absolute Gasteiger partial charge is 0.341 e. The summed E-state index contributed by atoms with van der Waals surface area (Å²) in [5, 5.41) is 0.568. The lowest BCUT2D eigenvalue weighted by atomic mass is 10.1. The highest BCUT2D eigenvalue weighted by Crippen LogP contribution is 2.31. The number of anilines is 1. The molecule has 1 unspecified atom stereocenters. The summed E-state index contributed by atoms with van der Waals surface area (Å²) in [5.74, 6) is -0.445. The highest BCUT2D eigenvalue weighted by Gasteiger charge is 2.38. The second kappa shape index (κ2) is 9.10. The Morgan fingerprint density at radius 2 is 1.68 bits per heavy atom. The molecule has 2 aromatic carbocycles. The zero-order chi connectivity index (χ0) is 22.0. The molecule has 0 aliphatic carbocycles. The van der Waals surface area contributed by atoms with Crippen molar-refractivity contribution in [3.05, 3.63) is 64.7 Å². The van der Waals surface area contributed by atoms with Crippen molar-refractivity contribution in [1.82, 2.24) is 9.80 Å². The lowest BCUT2D eigenvalue weighted by Gasteiger charge is -2.25. The minimum absolute atomic E-state index is 0.00597. The number of benzene rings is 2. The normalized spacial score (nSPS) is 19.5. The van der Waals surface area contributed by atoms with E-state index in [2.05, 4.69) is 0 Å². The van der Waals surface area contributed by atoms with Gasteiger partial charge in [-0.3, -0.25) is 14.4 Å². The molecule has 0 bridgehead atoms. The van der Waals surface area contributed by atoms with Gasteiger partial charge in [-0.1, -0.05) is 35.9 Å². The summed E-state index contributed by atoms with van der Waals surface area (Å²) in [6.07, 6.45) is 0.927. The van der Waals surface area contributed by atoms with Gasteiger partial charge in [0, 0.05) is 55.4 Å². The molecule has 3 amide bonds. The summed E-state index contributed by atoms with van der Waals surface area (Å²) < 4.78 is 0. The van der Waals surface area contributed by atoms with E-state index >= 15 is 0 Å². The van der Waals surface area contributed by atoms with Crippen LogP contribution in [0.4, 0.5) is 5.69 Å². The Morgan fingerprint density at radius 3 is 2.45 bits per heavy atom. The minimum atomic E-state index is -0.373. The summed E-state index contributed by atoms with van der Waals surface area (Å²) in [5.41, 5.74) is 2.38. The number of hydrogen-bond donors (Lipinski definition) is 0. The third-order valence-corrected chi connectivity index (χ3v) is 6.29. The third-order valence-electron chi connectivity index (χ3n) is 6.05. The van der Waals surface area contributed by atoms with Gasteiger partial charge in [-0.05, 0) is 43.2 Å². The summed E-state index contributed by atoms with van der Waals surface area (Å²) in [7, 11) is 0. The standard InChI is InChI=1S/C24H26ClN3O3/c1-17-8-9-20(25)15-21(17)28-16-19(14-22(28)29)24(31)27-11-5-10-26(12-13-27)23(30)18-6-3-2-4-7-18/h2-4,6-9,15,19H,5,10-14,16H2,1H3. The maximum atomic E-state index is 13.2. The summed E-state index contributed by atoms with van der Waals surface area (Å²) in [4.78, 5) is 43.9. The van der Waals surface area contributed by atoms with E-state index in [0.29, 0.717) is 43.3 Å². The van der Waals surface area contributed by atoms with E-state index in [1.54, 1.807) is 17.0 Å². The van der Waals surface area contributed by atoms with Gasteiger partial charge in [0.05, 0.1) is 5.92 Å². The molecule has 162 valence electrons. The van der Waals surface area contributed by atoms with Crippen LogP contribution in [-0.2, 0) is 9.59 Å². The molecular weight excluding hydrogens is 414 g/mol. The smallest absolute Gasteiger partial charge is 0.253 e. The first-order valence-electron chi connectivity index (χ1n) is 10.6. The highest BCUT2D eigenvalue weighted by molar-refractivity contribution is 6.31. The molecule has 0 N–H and O–H groups in total. The fourth-order valence-corrected chi connectivity index (χ4v) is 4.51. The van der Waals surface area contributed by atoms with E-state index in [1.165, 1.54) is 0 Å². The molecular formula is C24H26ClN3O3. The maximum Gasteiger partial charge on any atom is 0.253 e. The number of aryl methyl sites for hydroxylation is 1. The molecule has 2 aromatic rings. The molecule has 2 aliphatic rings. The van der Waals surface area contributed by atoms with Crippen LogP contribution in [0.25, 0.3) is 0 Å². The van der Waals surface area contributed by atoms with E-state index < -0.39 is 0 Å². The van der Waals surface area contributed by atoms with E-state index in [0.717, 1.165) is 17.7 Å². The zero-order valence-corrected chi connectivity index (χ0v) is 18.3. The average molecular weight is 440 g/mol. The zero-order valence-electron chi connectivity index (χ0n) is 17.6. The van der Waals surface area contributed by atoms with Gasteiger partial charge < -0.3 is 14.7 Å². The molecule has 2 aliphatic heterocycles. The predicted octanol–water partition coefficient (Wildman–Crippen LogP) is 3.38. The van der Waals surface area contributed by atoms with E-state index in [1.807, 2.05) is 53.1 Å². The Balaban J connectivity index is 1.40. The Kier molecular flexibility index (Phi) is 6.28. The monoisotopic (exact) mass is 439 g/mol. The van der Waals surface area contributed by atoms with Crippen LogP contribution in [0.15, 0.2) is 48.5 Å². The van der Waals surface area contributed by atoms with E-state index in [4.69, 9.17) is 11.6 Å². The summed E-state index contributed by atoms with van der Waals surface area (Å²) in [6, 6.07) is 14.7. The van der Waals surface area contributed by atoms with E-state index in [-0.39, 0.29) is 30.1 Å². The van der Waals surface area contributed by atoms with Crippen molar-refractivity contribution in [3.63, 3.8) is 0 Å². The van der Waals surface area contributed by atoms with Crippen molar-refractivity contribution in [1.29, 1.82) is 0 Å². The first kappa shape index (κ1) is 21.4. The highest BCUT2D eigenvalue weighted by atomic mass is 35.5. The fraction of sp³-hybridized carbons (Fsp3) is 0.375. The Morgan fingerprint density at radius 1 is 0.968 bits per heavy atom. The van der Waals surface area contributed by atoms with E-state index in [9.17, 15) is 14.4 Å². The molecule has 0 aromatic heterocycles. The summed E-state index contributed by atoms with van der Waals surface area (Å²) in [6.45, 7) is 4.49. The Hall–Kier alpha value is -2.86. The predicted molar refractivity (Wildman–Crippen MR) is 120 cm³/mol. The molecule has 2 fully saturated rings. The van der Waals surface area contributed by atoms with Gasteiger partial charge in [0.2, 0.25) is 11.8 Å². The molecule has 0 radical (unpaired) electrons. The fourth-order valence-electron chi connectivity index (χ4n) is 4.34. The Bertz CT molecular complexity index is 995. The van der Waals surface area contributed by atoms with Gasteiger partial charge >= 0.3 is 0 Å². The van der Waals surface area contributed by atoms with Gasteiger partial charge in [0.15, 0.2) is 0 Å². The van der Waals surface area contributed by atoms with Crippen LogP contribution >= 0.6 is 11.6 Å². The number of hydrogen-bond acceptors (Lipinski definition) is 3. The van der Waals surface area contributed by atoms with Crippen LogP contribution in [0.3, 0.4) is 0 Å². The van der Waals surface area contributed by atoms with Crippen molar-refractivity contribution in [2.75, 3.05) is 37.6 Å².